The van der Waals surface area contributed by atoms with E-state index in [1.54, 1.807) is 0 Å². The first-order valence-electron chi connectivity index (χ1n) is 5.54. The van der Waals surface area contributed by atoms with Gasteiger partial charge in [0.05, 0.1) is 6.61 Å². The molecule has 0 atom stereocenters. The number of ether oxygens (including phenoxy) is 1. The standard InChI is InChI=1S/C13H18O2/c1-3-6-13(14)11-7-5-8-12(10-11)15-9-4-2/h5,7-8,10H,3-4,6,9H2,1-2H3. The monoisotopic (exact) mass is 206 g/mol. The van der Waals surface area contributed by atoms with Gasteiger partial charge in [-0.3, -0.25) is 4.79 Å². The van der Waals surface area contributed by atoms with E-state index in [1.165, 1.54) is 0 Å². The molecule has 0 aliphatic heterocycles. The molecule has 0 aliphatic rings. The molecular formula is C13H18O2. The summed E-state index contributed by atoms with van der Waals surface area (Å²) in [4.78, 5) is 11.6. The highest BCUT2D eigenvalue weighted by atomic mass is 16.5. The SMILES string of the molecule is CCCOc1cccc(C(=O)CCC)c1. The van der Waals surface area contributed by atoms with Gasteiger partial charge in [0.15, 0.2) is 5.78 Å². The minimum atomic E-state index is 0.194. The molecule has 0 N–H and O–H groups in total. The predicted molar refractivity (Wildman–Crippen MR) is 61.5 cm³/mol. The summed E-state index contributed by atoms with van der Waals surface area (Å²) in [6, 6.07) is 7.43. The highest BCUT2D eigenvalue weighted by molar-refractivity contribution is 5.96. The summed E-state index contributed by atoms with van der Waals surface area (Å²) in [7, 11) is 0. The molecule has 0 amide bonds. The lowest BCUT2D eigenvalue weighted by atomic mass is 10.1. The van der Waals surface area contributed by atoms with Crippen molar-refractivity contribution in [1.29, 1.82) is 0 Å². The first-order chi connectivity index (χ1) is 7.27. The van der Waals surface area contributed by atoms with Crippen LogP contribution in [0.5, 0.6) is 5.75 Å². The lowest BCUT2D eigenvalue weighted by Crippen LogP contribution is -2.00. The fraction of sp³-hybridized carbons (Fsp3) is 0.462. The fourth-order valence-electron chi connectivity index (χ4n) is 1.35. The van der Waals surface area contributed by atoms with Crippen molar-refractivity contribution in [3.8, 4) is 5.75 Å². The quantitative estimate of drug-likeness (QED) is 0.666. The van der Waals surface area contributed by atoms with Crippen molar-refractivity contribution in [3.63, 3.8) is 0 Å². The molecule has 0 fully saturated rings. The molecule has 2 nitrogen and oxygen atoms in total. The van der Waals surface area contributed by atoms with E-state index in [1.807, 2.05) is 31.2 Å². The van der Waals surface area contributed by atoms with Crippen molar-refractivity contribution in [2.24, 2.45) is 0 Å². The first-order valence-corrected chi connectivity index (χ1v) is 5.54. The normalized spacial score (nSPS) is 10.0. The lowest BCUT2D eigenvalue weighted by molar-refractivity contribution is 0.0981. The number of carbonyl (C=O) groups excluding carboxylic acids is 1. The van der Waals surface area contributed by atoms with E-state index in [-0.39, 0.29) is 5.78 Å². The third-order valence-electron chi connectivity index (χ3n) is 2.11. The maximum Gasteiger partial charge on any atom is 0.162 e. The molecule has 15 heavy (non-hydrogen) atoms. The topological polar surface area (TPSA) is 26.3 Å². The van der Waals surface area contributed by atoms with Crippen LogP contribution in [0.3, 0.4) is 0 Å². The number of hydrogen-bond acceptors (Lipinski definition) is 2. The molecule has 1 aromatic rings. The molecule has 0 saturated heterocycles. The Balaban J connectivity index is 2.69. The molecule has 0 aliphatic carbocycles. The molecular weight excluding hydrogens is 188 g/mol. The van der Waals surface area contributed by atoms with E-state index in [4.69, 9.17) is 4.74 Å². The first kappa shape index (κ1) is 11.8. The number of carbonyl (C=O) groups is 1. The van der Waals surface area contributed by atoms with Crippen LogP contribution in [0.15, 0.2) is 24.3 Å². The molecule has 0 saturated carbocycles. The third-order valence-corrected chi connectivity index (χ3v) is 2.11. The highest BCUT2D eigenvalue weighted by Gasteiger charge is 2.05. The Hall–Kier alpha value is -1.31. The zero-order chi connectivity index (χ0) is 11.1. The summed E-state index contributed by atoms with van der Waals surface area (Å²) in [6.07, 6.45) is 2.48. The van der Waals surface area contributed by atoms with Gasteiger partial charge in [-0.15, -0.1) is 0 Å². The molecule has 1 rings (SSSR count). The number of ketones is 1. The Morgan fingerprint density at radius 2 is 2.07 bits per heavy atom. The van der Waals surface area contributed by atoms with Crippen LogP contribution in [0.1, 0.15) is 43.5 Å². The maximum absolute atomic E-state index is 11.6. The van der Waals surface area contributed by atoms with Crippen molar-refractivity contribution < 1.29 is 9.53 Å². The molecule has 82 valence electrons. The summed E-state index contributed by atoms with van der Waals surface area (Å²) in [5.74, 6) is 0.984. The van der Waals surface area contributed by atoms with Crippen LogP contribution in [0.25, 0.3) is 0 Å². The lowest BCUT2D eigenvalue weighted by Gasteiger charge is -2.05. The van der Waals surface area contributed by atoms with Gasteiger partial charge in [-0.1, -0.05) is 26.0 Å². The van der Waals surface area contributed by atoms with Gasteiger partial charge in [0, 0.05) is 12.0 Å². The van der Waals surface area contributed by atoms with Crippen LogP contribution < -0.4 is 4.74 Å². The molecule has 0 aromatic heterocycles. The van der Waals surface area contributed by atoms with Crippen LogP contribution in [0.4, 0.5) is 0 Å². The van der Waals surface area contributed by atoms with Gasteiger partial charge in [0.25, 0.3) is 0 Å². The van der Waals surface area contributed by atoms with Crippen molar-refractivity contribution >= 4 is 5.78 Å². The molecule has 0 unspecified atom stereocenters. The van der Waals surface area contributed by atoms with Gasteiger partial charge >= 0.3 is 0 Å². The Morgan fingerprint density at radius 3 is 2.73 bits per heavy atom. The smallest absolute Gasteiger partial charge is 0.162 e. The molecule has 0 heterocycles. The number of Topliss-reactive ketones (excluding diaryl/α,β-unsaturated/α-hetero) is 1. The van der Waals surface area contributed by atoms with E-state index in [0.717, 1.165) is 24.2 Å². The Labute approximate surface area is 91.3 Å². The van der Waals surface area contributed by atoms with Crippen molar-refractivity contribution in [1.82, 2.24) is 0 Å². The van der Waals surface area contributed by atoms with Crippen molar-refractivity contribution in [3.05, 3.63) is 29.8 Å². The molecule has 0 bridgehead atoms. The van der Waals surface area contributed by atoms with Crippen LogP contribution in [-0.2, 0) is 0 Å². The van der Waals surface area contributed by atoms with Gasteiger partial charge < -0.3 is 4.74 Å². The summed E-state index contributed by atoms with van der Waals surface area (Å²) in [5, 5.41) is 0. The van der Waals surface area contributed by atoms with Gasteiger partial charge in [-0.2, -0.15) is 0 Å². The zero-order valence-electron chi connectivity index (χ0n) is 9.45. The molecule has 0 radical (unpaired) electrons. The van der Waals surface area contributed by atoms with Crippen LogP contribution in [0.2, 0.25) is 0 Å². The second kappa shape index (κ2) is 6.23. The second-order valence-electron chi connectivity index (χ2n) is 3.55. The minimum absolute atomic E-state index is 0.194. The second-order valence-corrected chi connectivity index (χ2v) is 3.55. The maximum atomic E-state index is 11.6. The number of rotatable bonds is 6. The predicted octanol–water partition coefficient (Wildman–Crippen LogP) is 3.46. The van der Waals surface area contributed by atoms with Crippen LogP contribution in [0, 0.1) is 0 Å². The third kappa shape index (κ3) is 3.74. The fourth-order valence-corrected chi connectivity index (χ4v) is 1.35. The number of benzene rings is 1. The van der Waals surface area contributed by atoms with Crippen molar-refractivity contribution in [2.45, 2.75) is 33.1 Å². The average Bonchev–Trinajstić information content (AvgIpc) is 2.27. The van der Waals surface area contributed by atoms with Gasteiger partial charge in [-0.25, -0.2) is 0 Å². The van der Waals surface area contributed by atoms with E-state index >= 15 is 0 Å². The minimum Gasteiger partial charge on any atom is -0.494 e. The van der Waals surface area contributed by atoms with Gasteiger partial charge in [0.2, 0.25) is 0 Å². The van der Waals surface area contributed by atoms with Crippen LogP contribution >= 0.6 is 0 Å². The summed E-state index contributed by atoms with van der Waals surface area (Å²) in [5.41, 5.74) is 0.755. The summed E-state index contributed by atoms with van der Waals surface area (Å²) in [6.45, 7) is 4.77. The average molecular weight is 206 g/mol. The Bertz CT molecular complexity index is 318. The summed E-state index contributed by atoms with van der Waals surface area (Å²) >= 11 is 0. The Morgan fingerprint density at radius 1 is 1.27 bits per heavy atom. The van der Waals surface area contributed by atoms with Gasteiger partial charge in [-0.05, 0) is 25.0 Å². The van der Waals surface area contributed by atoms with E-state index < -0.39 is 0 Å². The molecule has 0 spiro atoms. The van der Waals surface area contributed by atoms with E-state index in [9.17, 15) is 4.79 Å². The number of hydrogen-bond donors (Lipinski definition) is 0. The Kier molecular flexibility index (Phi) is 4.88. The summed E-state index contributed by atoms with van der Waals surface area (Å²) < 4.78 is 5.47. The molecule has 1 aromatic carbocycles. The molecule has 2 heteroatoms. The zero-order valence-corrected chi connectivity index (χ0v) is 9.45. The van der Waals surface area contributed by atoms with Crippen LogP contribution in [-0.4, -0.2) is 12.4 Å². The van der Waals surface area contributed by atoms with Crippen molar-refractivity contribution in [2.75, 3.05) is 6.61 Å². The van der Waals surface area contributed by atoms with E-state index in [0.29, 0.717) is 13.0 Å². The van der Waals surface area contributed by atoms with E-state index in [2.05, 4.69) is 6.92 Å². The highest BCUT2D eigenvalue weighted by Crippen LogP contribution is 2.15. The van der Waals surface area contributed by atoms with Gasteiger partial charge in [0.1, 0.15) is 5.75 Å². The largest absolute Gasteiger partial charge is 0.494 e.